The number of likely N-dealkylation sites (tertiary alicyclic amines) is 1. The molecule has 2 N–H and O–H groups in total. The van der Waals surface area contributed by atoms with Gasteiger partial charge in [-0.2, -0.15) is 13.2 Å². The molecule has 2 aliphatic heterocycles. The van der Waals surface area contributed by atoms with Gasteiger partial charge in [-0.05, 0) is 62.5 Å². The fourth-order valence-corrected chi connectivity index (χ4v) is 3.58. The number of carbonyl (C=O) groups excluding carboxylic acids is 2. The summed E-state index contributed by atoms with van der Waals surface area (Å²) in [4.78, 5) is 26.3. The third-order valence-electron chi connectivity index (χ3n) is 5.30. The van der Waals surface area contributed by atoms with E-state index in [0.717, 1.165) is 69.8 Å². The highest BCUT2D eigenvalue weighted by atomic mass is 19.4. The van der Waals surface area contributed by atoms with E-state index in [0.29, 0.717) is 18.5 Å². The van der Waals surface area contributed by atoms with Gasteiger partial charge in [0.1, 0.15) is 0 Å². The molecule has 28 heavy (non-hydrogen) atoms. The Morgan fingerprint density at radius 2 is 1.75 bits per heavy atom. The molecule has 2 saturated heterocycles. The lowest BCUT2D eigenvalue weighted by molar-refractivity contribution is -0.137. The fourth-order valence-electron chi connectivity index (χ4n) is 3.58. The quantitative estimate of drug-likeness (QED) is 0.762. The molecule has 154 valence electrons. The Hall–Kier alpha value is -2.13. The van der Waals surface area contributed by atoms with E-state index in [9.17, 15) is 22.8 Å². The number of nitrogens with zero attached hydrogens (tertiary/aromatic N) is 1. The normalized spacial score (nSPS) is 21.5. The van der Waals surface area contributed by atoms with Crippen LogP contribution in [0.1, 0.15) is 24.8 Å². The van der Waals surface area contributed by atoms with E-state index in [4.69, 9.17) is 4.74 Å². The summed E-state index contributed by atoms with van der Waals surface area (Å²) in [5.41, 5.74) is -0.675. The van der Waals surface area contributed by atoms with E-state index >= 15 is 0 Å². The molecule has 1 aromatic rings. The van der Waals surface area contributed by atoms with Crippen LogP contribution in [0, 0.1) is 5.92 Å². The van der Waals surface area contributed by atoms with E-state index in [2.05, 4.69) is 15.5 Å². The summed E-state index contributed by atoms with van der Waals surface area (Å²) in [5.74, 6) is -1.37. The predicted molar refractivity (Wildman–Crippen MR) is 96.6 cm³/mol. The van der Waals surface area contributed by atoms with Crippen LogP contribution in [0.3, 0.4) is 0 Å². The van der Waals surface area contributed by atoms with Crippen molar-refractivity contribution in [3.63, 3.8) is 0 Å². The largest absolute Gasteiger partial charge is 0.416 e. The molecule has 0 aliphatic carbocycles. The Morgan fingerprint density at radius 3 is 2.32 bits per heavy atom. The molecule has 0 radical (unpaired) electrons. The standard InChI is InChI=1S/C19H24F3N3O3/c20-19(21,22)14-1-3-15(4-2-14)24-18(27)17(26)23-11-13-5-8-25(9-6-13)16-7-10-28-12-16/h1-4,13,16H,5-12H2,(H,23,26)(H,24,27). The molecule has 1 aromatic carbocycles. The lowest BCUT2D eigenvalue weighted by Crippen LogP contribution is -2.45. The predicted octanol–water partition coefficient (Wildman–Crippen LogP) is 2.26. The first-order valence-corrected chi connectivity index (χ1v) is 9.41. The second-order valence-corrected chi connectivity index (χ2v) is 7.24. The Morgan fingerprint density at radius 1 is 1.07 bits per heavy atom. The third-order valence-corrected chi connectivity index (χ3v) is 5.30. The van der Waals surface area contributed by atoms with Crippen LogP contribution >= 0.6 is 0 Å². The molecular weight excluding hydrogens is 375 g/mol. The Balaban J connectivity index is 1.39. The molecule has 6 nitrogen and oxygen atoms in total. The molecule has 0 spiro atoms. The zero-order valence-electron chi connectivity index (χ0n) is 15.4. The van der Waals surface area contributed by atoms with Crippen molar-refractivity contribution >= 4 is 17.5 Å². The van der Waals surface area contributed by atoms with Crippen LogP contribution in [0.2, 0.25) is 0 Å². The Labute approximate surface area is 161 Å². The SMILES string of the molecule is O=C(NCC1CCN(C2CCOC2)CC1)C(=O)Nc1ccc(C(F)(F)F)cc1. The Bertz CT molecular complexity index is 680. The summed E-state index contributed by atoms with van der Waals surface area (Å²) in [6.45, 7) is 3.91. The maximum absolute atomic E-state index is 12.5. The number of anilines is 1. The molecule has 9 heteroatoms. The summed E-state index contributed by atoms with van der Waals surface area (Å²) in [7, 11) is 0. The molecule has 2 aliphatic rings. The van der Waals surface area contributed by atoms with Gasteiger partial charge >= 0.3 is 18.0 Å². The van der Waals surface area contributed by atoms with Gasteiger partial charge in [0.15, 0.2) is 0 Å². The van der Waals surface area contributed by atoms with Crippen molar-refractivity contribution in [2.75, 3.05) is 38.2 Å². The van der Waals surface area contributed by atoms with Gasteiger partial charge in [0.05, 0.1) is 12.2 Å². The van der Waals surface area contributed by atoms with Crippen molar-refractivity contribution in [2.45, 2.75) is 31.5 Å². The highest BCUT2D eigenvalue weighted by Gasteiger charge is 2.30. The van der Waals surface area contributed by atoms with Crippen molar-refractivity contribution in [3.8, 4) is 0 Å². The second-order valence-electron chi connectivity index (χ2n) is 7.24. The average molecular weight is 399 g/mol. The monoisotopic (exact) mass is 399 g/mol. The number of rotatable bonds is 4. The number of amides is 2. The summed E-state index contributed by atoms with van der Waals surface area (Å²) in [6, 6.07) is 4.45. The number of halogens is 3. The first-order valence-electron chi connectivity index (χ1n) is 9.41. The van der Waals surface area contributed by atoms with Crippen molar-refractivity contribution in [1.29, 1.82) is 0 Å². The highest BCUT2D eigenvalue weighted by Crippen LogP contribution is 2.29. The summed E-state index contributed by atoms with van der Waals surface area (Å²) in [5, 5.41) is 4.93. The lowest BCUT2D eigenvalue weighted by Gasteiger charge is -2.35. The number of hydrogen-bond acceptors (Lipinski definition) is 4. The van der Waals surface area contributed by atoms with Gasteiger partial charge in [0.2, 0.25) is 0 Å². The number of carbonyl (C=O) groups is 2. The fraction of sp³-hybridized carbons (Fsp3) is 0.579. The average Bonchev–Trinajstić information content (AvgIpc) is 3.21. The van der Waals surface area contributed by atoms with Gasteiger partial charge in [0.25, 0.3) is 0 Å². The highest BCUT2D eigenvalue weighted by molar-refractivity contribution is 6.39. The molecule has 1 atom stereocenters. The van der Waals surface area contributed by atoms with Gasteiger partial charge in [-0.15, -0.1) is 0 Å². The molecular formula is C19H24F3N3O3. The minimum Gasteiger partial charge on any atom is -0.380 e. The summed E-state index contributed by atoms with van der Waals surface area (Å²) >= 11 is 0. The van der Waals surface area contributed by atoms with E-state index in [1.54, 1.807) is 0 Å². The molecule has 2 amide bonds. The number of nitrogens with one attached hydrogen (secondary N) is 2. The van der Waals surface area contributed by atoms with Crippen LogP contribution < -0.4 is 10.6 Å². The number of alkyl halides is 3. The molecule has 0 saturated carbocycles. The van der Waals surface area contributed by atoms with E-state index in [1.165, 1.54) is 0 Å². The Kier molecular flexibility index (Phi) is 6.56. The van der Waals surface area contributed by atoms with E-state index in [-0.39, 0.29) is 5.69 Å². The van der Waals surface area contributed by atoms with Gasteiger partial charge < -0.3 is 15.4 Å². The lowest BCUT2D eigenvalue weighted by atomic mass is 9.95. The topological polar surface area (TPSA) is 70.7 Å². The van der Waals surface area contributed by atoms with Crippen LogP contribution in [0.15, 0.2) is 24.3 Å². The van der Waals surface area contributed by atoms with Crippen LogP contribution in [0.4, 0.5) is 18.9 Å². The summed E-state index contributed by atoms with van der Waals surface area (Å²) in [6.07, 6.45) is -1.50. The van der Waals surface area contributed by atoms with Crippen LogP contribution in [-0.2, 0) is 20.5 Å². The molecule has 2 heterocycles. The van der Waals surface area contributed by atoms with Crippen LogP contribution in [0.25, 0.3) is 0 Å². The van der Waals surface area contributed by atoms with Crippen molar-refractivity contribution in [3.05, 3.63) is 29.8 Å². The van der Waals surface area contributed by atoms with Gasteiger partial charge in [-0.25, -0.2) is 0 Å². The first-order chi connectivity index (χ1) is 13.3. The smallest absolute Gasteiger partial charge is 0.380 e. The number of ether oxygens (including phenoxy) is 1. The van der Waals surface area contributed by atoms with Gasteiger partial charge in [-0.1, -0.05) is 0 Å². The van der Waals surface area contributed by atoms with Crippen LogP contribution in [0.5, 0.6) is 0 Å². The number of piperidine rings is 1. The molecule has 1 unspecified atom stereocenters. The van der Waals surface area contributed by atoms with Crippen molar-refractivity contribution < 1.29 is 27.5 Å². The molecule has 3 rings (SSSR count). The minimum absolute atomic E-state index is 0.139. The molecule has 0 aromatic heterocycles. The molecule has 0 bridgehead atoms. The summed E-state index contributed by atoms with van der Waals surface area (Å²) < 4.78 is 43.0. The number of hydrogen-bond donors (Lipinski definition) is 2. The first kappa shape index (κ1) is 20.6. The minimum atomic E-state index is -4.44. The van der Waals surface area contributed by atoms with Crippen molar-refractivity contribution in [2.24, 2.45) is 5.92 Å². The van der Waals surface area contributed by atoms with Crippen LogP contribution in [-0.4, -0.2) is 55.6 Å². The molecule has 2 fully saturated rings. The number of benzene rings is 1. The maximum atomic E-state index is 12.5. The second kappa shape index (κ2) is 8.91. The zero-order chi connectivity index (χ0) is 20.1. The van der Waals surface area contributed by atoms with E-state index < -0.39 is 23.6 Å². The maximum Gasteiger partial charge on any atom is 0.416 e. The zero-order valence-corrected chi connectivity index (χ0v) is 15.4. The van der Waals surface area contributed by atoms with Crippen molar-refractivity contribution in [1.82, 2.24) is 10.2 Å². The van der Waals surface area contributed by atoms with E-state index in [1.807, 2.05) is 0 Å². The van der Waals surface area contributed by atoms with Gasteiger partial charge in [-0.3, -0.25) is 14.5 Å². The third kappa shape index (κ3) is 5.45. The van der Waals surface area contributed by atoms with Gasteiger partial charge in [0, 0.05) is 24.9 Å².